The van der Waals surface area contributed by atoms with Crippen LogP contribution in [0.25, 0.3) is 0 Å². The average Bonchev–Trinajstić information content (AvgIpc) is 2.86. The molecule has 0 aliphatic rings. The van der Waals surface area contributed by atoms with Crippen LogP contribution < -0.4 is 4.74 Å². The smallest absolute Gasteiger partial charge is 0.342 e. The van der Waals surface area contributed by atoms with Gasteiger partial charge in [-0.05, 0) is 18.6 Å². The van der Waals surface area contributed by atoms with Crippen LogP contribution in [0.1, 0.15) is 23.7 Å². The Bertz CT molecular complexity index is 680. The van der Waals surface area contributed by atoms with E-state index in [9.17, 15) is 14.9 Å². The number of aryl methyl sites for hydroxylation is 1. The van der Waals surface area contributed by atoms with Crippen molar-refractivity contribution in [3.8, 4) is 11.5 Å². The number of nitro benzene ring substituents is 1. The minimum atomic E-state index is -1.36. The number of ether oxygens (including phenoxy) is 1. The van der Waals surface area contributed by atoms with Crippen molar-refractivity contribution in [2.75, 3.05) is 0 Å². The first-order chi connectivity index (χ1) is 10.0. The van der Waals surface area contributed by atoms with Gasteiger partial charge in [-0.15, -0.1) is 0 Å². The van der Waals surface area contributed by atoms with E-state index >= 15 is 0 Å². The van der Waals surface area contributed by atoms with Crippen molar-refractivity contribution < 1.29 is 19.6 Å². The maximum Gasteiger partial charge on any atom is 0.342 e. The van der Waals surface area contributed by atoms with Gasteiger partial charge in [-0.3, -0.25) is 14.8 Å². The molecule has 110 valence electrons. The molecule has 0 fully saturated rings. The molecular weight excluding hydrogens is 278 g/mol. The average molecular weight is 291 g/mol. The second-order valence-corrected chi connectivity index (χ2v) is 4.28. The van der Waals surface area contributed by atoms with E-state index in [0.717, 1.165) is 25.1 Å². The van der Waals surface area contributed by atoms with Crippen molar-refractivity contribution in [1.82, 2.24) is 9.78 Å². The summed E-state index contributed by atoms with van der Waals surface area (Å²) in [5, 5.41) is 23.9. The molecule has 0 saturated carbocycles. The molecule has 0 amide bonds. The van der Waals surface area contributed by atoms with Gasteiger partial charge in [-0.1, -0.05) is 6.92 Å². The Morgan fingerprint density at radius 2 is 2.24 bits per heavy atom. The zero-order valence-corrected chi connectivity index (χ0v) is 11.2. The summed E-state index contributed by atoms with van der Waals surface area (Å²) in [4.78, 5) is 21.0. The molecule has 1 aromatic heterocycles. The minimum Gasteiger partial charge on any atom is -0.477 e. The molecule has 0 saturated heterocycles. The number of benzene rings is 1. The summed E-state index contributed by atoms with van der Waals surface area (Å²) in [7, 11) is 0. The molecule has 0 aliphatic carbocycles. The summed E-state index contributed by atoms with van der Waals surface area (Å²) in [5.74, 6) is -0.743. The molecular formula is C13H13N3O5. The van der Waals surface area contributed by atoms with E-state index in [-0.39, 0.29) is 11.3 Å². The van der Waals surface area contributed by atoms with Crippen LogP contribution in [0.3, 0.4) is 0 Å². The zero-order valence-electron chi connectivity index (χ0n) is 11.2. The zero-order chi connectivity index (χ0) is 15.4. The van der Waals surface area contributed by atoms with E-state index in [1.165, 1.54) is 12.3 Å². The van der Waals surface area contributed by atoms with Gasteiger partial charge in [0.2, 0.25) is 0 Å². The maximum atomic E-state index is 10.9. The van der Waals surface area contributed by atoms with Crippen LogP contribution in [0.2, 0.25) is 0 Å². The summed E-state index contributed by atoms with van der Waals surface area (Å²) < 4.78 is 7.14. The van der Waals surface area contributed by atoms with E-state index in [4.69, 9.17) is 9.84 Å². The molecule has 1 heterocycles. The quantitative estimate of drug-likeness (QED) is 0.647. The number of nitro groups is 1. The van der Waals surface area contributed by atoms with Crippen LogP contribution in [0.15, 0.2) is 30.6 Å². The predicted molar refractivity (Wildman–Crippen MR) is 72.6 cm³/mol. The van der Waals surface area contributed by atoms with E-state index in [1.807, 2.05) is 6.92 Å². The molecule has 0 bridgehead atoms. The first-order valence-electron chi connectivity index (χ1n) is 6.23. The first-order valence-corrected chi connectivity index (χ1v) is 6.23. The Balaban J connectivity index is 2.25. The highest BCUT2D eigenvalue weighted by atomic mass is 16.6. The van der Waals surface area contributed by atoms with Gasteiger partial charge in [0.25, 0.3) is 5.69 Å². The highest BCUT2D eigenvalue weighted by Gasteiger charge is 2.20. The topological polar surface area (TPSA) is 107 Å². The maximum absolute atomic E-state index is 10.9. The van der Waals surface area contributed by atoms with Crippen molar-refractivity contribution in [2.24, 2.45) is 0 Å². The number of carbonyl (C=O) groups is 1. The molecule has 0 unspecified atom stereocenters. The number of rotatable bonds is 6. The van der Waals surface area contributed by atoms with Gasteiger partial charge in [0.1, 0.15) is 11.3 Å². The molecule has 2 aromatic rings. The fraction of sp³-hybridized carbons (Fsp3) is 0.231. The Labute approximate surface area is 119 Å². The van der Waals surface area contributed by atoms with E-state index in [0.29, 0.717) is 5.75 Å². The van der Waals surface area contributed by atoms with Crippen molar-refractivity contribution in [2.45, 2.75) is 19.9 Å². The van der Waals surface area contributed by atoms with Gasteiger partial charge in [0.15, 0.2) is 5.75 Å². The molecule has 21 heavy (non-hydrogen) atoms. The minimum absolute atomic E-state index is 0.183. The SMILES string of the molecule is CCCn1cc(Oc2ccc(C(=O)O)c([N+](=O)[O-])c2)cn1. The molecule has 1 N–H and O–H groups in total. The summed E-state index contributed by atoms with van der Waals surface area (Å²) in [6.07, 6.45) is 4.08. The third-order valence-corrected chi connectivity index (χ3v) is 2.69. The van der Waals surface area contributed by atoms with E-state index in [1.54, 1.807) is 10.9 Å². The Hall–Kier alpha value is -2.90. The van der Waals surface area contributed by atoms with Crippen molar-refractivity contribution >= 4 is 11.7 Å². The number of nitrogens with zero attached hydrogens (tertiary/aromatic N) is 3. The Morgan fingerprint density at radius 3 is 2.86 bits per heavy atom. The van der Waals surface area contributed by atoms with Crippen molar-refractivity contribution in [3.63, 3.8) is 0 Å². The molecule has 0 radical (unpaired) electrons. The van der Waals surface area contributed by atoms with Crippen LogP contribution in [-0.2, 0) is 6.54 Å². The molecule has 0 spiro atoms. The lowest BCUT2D eigenvalue weighted by molar-refractivity contribution is -0.385. The van der Waals surface area contributed by atoms with E-state index in [2.05, 4.69) is 5.10 Å². The second kappa shape index (κ2) is 6.04. The summed E-state index contributed by atoms with van der Waals surface area (Å²) in [6, 6.07) is 3.60. The Kier molecular flexibility index (Phi) is 4.17. The number of aromatic nitrogens is 2. The van der Waals surface area contributed by atoms with Crippen molar-refractivity contribution in [1.29, 1.82) is 0 Å². The molecule has 8 nitrogen and oxygen atoms in total. The second-order valence-electron chi connectivity index (χ2n) is 4.28. The number of carboxylic acids is 1. The van der Waals surface area contributed by atoms with E-state index < -0.39 is 16.6 Å². The van der Waals surface area contributed by atoms with Gasteiger partial charge in [-0.25, -0.2) is 4.79 Å². The van der Waals surface area contributed by atoms with Crippen LogP contribution in [0.5, 0.6) is 11.5 Å². The normalized spacial score (nSPS) is 10.3. The number of aromatic carboxylic acids is 1. The van der Waals surface area contributed by atoms with Crippen LogP contribution in [-0.4, -0.2) is 25.8 Å². The lowest BCUT2D eigenvalue weighted by Gasteiger charge is -2.04. The van der Waals surface area contributed by atoms with Gasteiger partial charge < -0.3 is 9.84 Å². The van der Waals surface area contributed by atoms with Gasteiger partial charge in [0.05, 0.1) is 23.4 Å². The summed E-state index contributed by atoms with van der Waals surface area (Å²) in [6.45, 7) is 2.75. The fourth-order valence-corrected chi connectivity index (χ4v) is 1.79. The lowest BCUT2D eigenvalue weighted by atomic mass is 10.2. The van der Waals surface area contributed by atoms with Crippen LogP contribution in [0, 0.1) is 10.1 Å². The third-order valence-electron chi connectivity index (χ3n) is 2.69. The first kappa shape index (κ1) is 14.5. The summed E-state index contributed by atoms with van der Waals surface area (Å²) >= 11 is 0. The standard InChI is InChI=1S/C13H13N3O5/c1-2-5-15-8-10(7-14-15)21-9-3-4-11(13(17)18)12(6-9)16(19)20/h3-4,6-8H,2,5H2,1H3,(H,17,18). The lowest BCUT2D eigenvalue weighted by Crippen LogP contribution is -2.02. The summed E-state index contributed by atoms with van der Waals surface area (Å²) in [5.41, 5.74) is -0.894. The highest BCUT2D eigenvalue weighted by Crippen LogP contribution is 2.28. The van der Waals surface area contributed by atoms with Crippen LogP contribution in [0.4, 0.5) is 5.69 Å². The fourth-order valence-electron chi connectivity index (χ4n) is 1.79. The molecule has 8 heteroatoms. The molecule has 1 aromatic carbocycles. The van der Waals surface area contributed by atoms with Crippen molar-refractivity contribution in [3.05, 3.63) is 46.3 Å². The molecule has 2 rings (SSSR count). The predicted octanol–water partition coefficient (Wildman–Crippen LogP) is 2.69. The monoisotopic (exact) mass is 291 g/mol. The van der Waals surface area contributed by atoms with Gasteiger partial charge in [-0.2, -0.15) is 5.10 Å². The number of carboxylic acid groups (broad SMARTS) is 1. The number of hydrogen-bond donors (Lipinski definition) is 1. The Morgan fingerprint density at radius 1 is 1.48 bits per heavy atom. The third kappa shape index (κ3) is 3.35. The van der Waals surface area contributed by atoms with Gasteiger partial charge >= 0.3 is 5.97 Å². The molecule has 0 atom stereocenters. The number of hydrogen-bond acceptors (Lipinski definition) is 5. The van der Waals surface area contributed by atoms with Crippen LogP contribution >= 0.6 is 0 Å². The molecule has 0 aliphatic heterocycles. The highest BCUT2D eigenvalue weighted by molar-refractivity contribution is 5.92. The largest absolute Gasteiger partial charge is 0.477 e. The van der Waals surface area contributed by atoms with Gasteiger partial charge in [0, 0.05) is 6.54 Å².